The molecule has 0 bridgehead atoms. The first kappa shape index (κ1) is 10.2. The molecule has 0 amide bonds. The Morgan fingerprint density at radius 3 is 2.69 bits per heavy atom. The monoisotopic (exact) mass is 244 g/mol. The zero-order valence-corrected chi connectivity index (χ0v) is 8.58. The van der Waals surface area contributed by atoms with Crippen LogP contribution in [0.15, 0.2) is 12.1 Å². The average molecular weight is 245 g/mol. The summed E-state index contributed by atoms with van der Waals surface area (Å²) in [5.74, 6) is 3.81. The molecule has 1 aromatic rings. The van der Waals surface area contributed by atoms with Crippen molar-refractivity contribution in [3.63, 3.8) is 0 Å². The van der Waals surface area contributed by atoms with Crippen molar-refractivity contribution in [2.45, 2.75) is 6.92 Å². The van der Waals surface area contributed by atoms with Gasteiger partial charge in [0.2, 0.25) is 0 Å². The fraction of sp³-hybridized carbons (Fsp3) is 0.200. The van der Waals surface area contributed by atoms with Crippen LogP contribution in [0.2, 0.25) is 0 Å². The minimum absolute atomic E-state index is 0.258. The Kier molecular flexibility index (Phi) is 3.44. The van der Waals surface area contributed by atoms with Crippen LogP contribution in [0.5, 0.6) is 0 Å². The van der Waals surface area contributed by atoms with Crippen LogP contribution in [-0.2, 0) is 0 Å². The van der Waals surface area contributed by atoms with Gasteiger partial charge in [-0.3, -0.25) is 0 Å². The summed E-state index contributed by atoms with van der Waals surface area (Å²) in [6.45, 7) is 1.51. The predicted octanol–water partition coefficient (Wildman–Crippen LogP) is 3.02. The number of hydrogen-bond donors (Lipinski definition) is 0. The van der Waals surface area contributed by atoms with Crippen molar-refractivity contribution in [3.05, 3.63) is 34.9 Å². The van der Waals surface area contributed by atoms with Gasteiger partial charge in [0.25, 0.3) is 0 Å². The summed E-state index contributed by atoms with van der Waals surface area (Å²) in [6.07, 6.45) is 0. The third kappa shape index (κ3) is 2.28. The van der Waals surface area contributed by atoms with E-state index >= 15 is 0 Å². The Morgan fingerprint density at radius 2 is 2.08 bits per heavy atom. The molecule has 0 saturated heterocycles. The van der Waals surface area contributed by atoms with E-state index in [-0.39, 0.29) is 5.56 Å². The van der Waals surface area contributed by atoms with E-state index in [0.717, 1.165) is 6.07 Å². The Morgan fingerprint density at radius 1 is 1.38 bits per heavy atom. The molecule has 1 aromatic carbocycles. The van der Waals surface area contributed by atoms with Gasteiger partial charge in [0.15, 0.2) is 11.6 Å². The number of alkyl halides is 1. The maximum atomic E-state index is 13.0. The minimum atomic E-state index is -0.832. The molecule has 0 saturated carbocycles. The number of hydrogen-bond acceptors (Lipinski definition) is 0. The van der Waals surface area contributed by atoms with Crippen LogP contribution in [0.4, 0.5) is 8.78 Å². The van der Waals surface area contributed by atoms with Crippen LogP contribution in [-0.4, -0.2) is 5.33 Å². The molecule has 0 radical (unpaired) electrons. The first-order chi connectivity index (χ1) is 6.16. The highest BCUT2D eigenvalue weighted by molar-refractivity contribution is 9.09. The van der Waals surface area contributed by atoms with Gasteiger partial charge in [-0.15, -0.1) is 0 Å². The quantitative estimate of drug-likeness (QED) is 0.486. The van der Waals surface area contributed by atoms with Gasteiger partial charge in [0.1, 0.15) is 0 Å². The average Bonchev–Trinajstić information content (AvgIpc) is 2.13. The standard InChI is InChI=1S/C10H7BrF2/c1-7-8(3-2-6-11)4-5-9(12)10(7)13/h4-5H,6H2,1H3. The Labute approximate surface area is 84.1 Å². The highest BCUT2D eigenvalue weighted by Crippen LogP contribution is 2.14. The zero-order chi connectivity index (χ0) is 9.84. The fourth-order valence-corrected chi connectivity index (χ4v) is 1.06. The molecule has 1 rings (SSSR count). The zero-order valence-electron chi connectivity index (χ0n) is 7.00. The van der Waals surface area contributed by atoms with E-state index in [0.29, 0.717) is 10.9 Å². The van der Waals surface area contributed by atoms with E-state index in [4.69, 9.17) is 0 Å². The molecule has 0 spiro atoms. The summed E-state index contributed by atoms with van der Waals surface area (Å²) in [6, 6.07) is 2.56. The summed E-state index contributed by atoms with van der Waals surface area (Å²) in [5, 5.41) is 0.519. The van der Waals surface area contributed by atoms with Crippen LogP contribution < -0.4 is 0 Å². The van der Waals surface area contributed by atoms with E-state index in [1.807, 2.05) is 0 Å². The smallest absolute Gasteiger partial charge is 0.162 e. The summed E-state index contributed by atoms with van der Waals surface area (Å²) in [7, 11) is 0. The van der Waals surface area contributed by atoms with Crippen LogP contribution >= 0.6 is 15.9 Å². The first-order valence-corrected chi connectivity index (χ1v) is 4.78. The van der Waals surface area contributed by atoms with Crippen LogP contribution in [0.25, 0.3) is 0 Å². The van der Waals surface area contributed by atoms with Gasteiger partial charge in [-0.1, -0.05) is 27.8 Å². The topological polar surface area (TPSA) is 0 Å². The molecule has 13 heavy (non-hydrogen) atoms. The van der Waals surface area contributed by atoms with Crippen molar-refractivity contribution in [2.24, 2.45) is 0 Å². The van der Waals surface area contributed by atoms with E-state index in [1.165, 1.54) is 13.0 Å². The van der Waals surface area contributed by atoms with Crippen molar-refractivity contribution in [1.82, 2.24) is 0 Å². The second-order valence-electron chi connectivity index (χ2n) is 2.47. The summed E-state index contributed by atoms with van der Waals surface area (Å²) in [4.78, 5) is 0. The molecule has 0 aliphatic heterocycles. The molecule has 0 heterocycles. The van der Waals surface area contributed by atoms with Gasteiger partial charge in [0, 0.05) is 11.1 Å². The first-order valence-electron chi connectivity index (χ1n) is 3.66. The Bertz CT molecular complexity index is 374. The number of rotatable bonds is 0. The van der Waals surface area contributed by atoms with Crippen molar-refractivity contribution in [3.8, 4) is 11.8 Å². The molecule has 0 nitrogen and oxygen atoms in total. The number of benzene rings is 1. The summed E-state index contributed by atoms with van der Waals surface area (Å²) >= 11 is 3.12. The van der Waals surface area contributed by atoms with E-state index in [2.05, 4.69) is 27.8 Å². The van der Waals surface area contributed by atoms with Crippen molar-refractivity contribution >= 4 is 15.9 Å². The lowest BCUT2D eigenvalue weighted by Gasteiger charge is -1.99. The van der Waals surface area contributed by atoms with Crippen molar-refractivity contribution < 1.29 is 8.78 Å². The lowest BCUT2D eigenvalue weighted by Crippen LogP contribution is -1.92. The van der Waals surface area contributed by atoms with Crippen LogP contribution in [0.3, 0.4) is 0 Å². The third-order valence-electron chi connectivity index (χ3n) is 1.63. The molecule has 0 N–H and O–H groups in total. The number of halogens is 3. The molecule has 3 heteroatoms. The van der Waals surface area contributed by atoms with E-state index < -0.39 is 11.6 Å². The second kappa shape index (κ2) is 4.38. The predicted molar refractivity (Wildman–Crippen MR) is 51.8 cm³/mol. The highest BCUT2D eigenvalue weighted by atomic mass is 79.9. The molecule has 0 atom stereocenters. The van der Waals surface area contributed by atoms with Gasteiger partial charge in [-0.05, 0) is 19.1 Å². The molecule has 0 fully saturated rings. The molecule has 68 valence electrons. The Balaban J connectivity index is 3.18. The van der Waals surface area contributed by atoms with Crippen molar-refractivity contribution in [2.75, 3.05) is 5.33 Å². The van der Waals surface area contributed by atoms with Crippen molar-refractivity contribution in [1.29, 1.82) is 0 Å². The normalized spacial score (nSPS) is 9.23. The summed E-state index contributed by atoms with van der Waals surface area (Å²) in [5.41, 5.74) is 0.784. The van der Waals surface area contributed by atoms with Crippen LogP contribution in [0.1, 0.15) is 11.1 Å². The Hall–Kier alpha value is -0.880. The molecule has 0 unspecified atom stereocenters. The second-order valence-corrected chi connectivity index (χ2v) is 3.03. The van der Waals surface area contributed by atoms with Gasteiger partial charge in [0.05, 0.1) is 5.33 Å². The molecule has 0 aromatic heterocycles. The SMILES string of the molecule is Cc1c(C#CCBr)ccc(F)c1F. The molecule has 0 aliphatic carbocycles. The van der Waals surface area contributed by atoms with Gasteiger partial charge in [-0.2, -0.15) is 0 Å². The van der Waals surface area contributed by atoms with Crippen LogP contribution in [0, 0.1) is 30.4 Å². The third-order valence-corrected chi connectivity index (χ3v) is 1.91. The van der Waals surface area contributed by atoms with E-state index in [9.17, 15) is 8.78 Å². The maximum absolute atomic E-state index is 13.0. The largest absolute Gasteiger partial charge is 0.204 e. The lowest BCUT2D eigenvalue weighted by molar-refractivity contribution is 0.502. The fourth-order valence-electron chi connectivity index (χ4n) is 0.916. The minimum Gasteiger partial charge on any atom is -0.204 e. The van der Waals surface area contributed by atoms with E-state index in [1.54, 1.807) is 0 Å². The molecular weight excluding hydrogens is 238 g/mol. The highest BCUT2D eigenvalue weighted by Gasteiger charge is 2.07. The molecule has 0 aliphatic rings. The van der Waals surface area contributed by atoms with Gasteiger partial charge < -0.3 is 0 Å². The van der Waals surface area contributed by atoms with Gasteiger partial charge in [-0.25, -0.2) is 8.78 Å². The molecular formula is C10H7BrF2. The van der Waals surface area contributed by atoms with Gasteiger partial charge >= 0.3 is 0 Å². The summed E-state index contributed by atoms with van der Waals surface area (Å²) < 4.78 is 25.6. The lowest BCUT2D eigenvalue weighted by atomic mass is 10.1. The maximum Gasteiger partial charge on any atom is 0.162 e.